The molecule has 0 atom stereocenters. The van der Waals surface area contributed by atoms with Gasteiger partial charge in [-0.25, -0.2) is 4.79 Å². The Morgan fingerprint density at radius 2 is 2.00 bits per heavy atom. The lowest BCUT2D eigenvalue weighted by Crippen LogP contribution is -2.28. The van der Waals surface area contributed by atoms with Gasteiger partial charge in [-0.1, -0.05) is 18.6 Å². The second-order valence-electron chi connectivity index (χ2n) is 5.61. The molecule has 1 aliphatic heterocycles. The number of carboxylic acid groups (broad SMARTS) is 1. The molecular formula is C16H20N2O2. The molecule has 1 saturated heterocycles. The van der Waals surface area contributed by atoms with Gasteiger partial charge in [0.1, 0.15) is 0 Å². The summed E-state index contributed by atoms with van der Waals surface area (Å²) in [7, 11) is 1.93. The smallest absolute Gasteiger partial charge is 0.337 e. The quantitative estimate of drug-likeness (QED) is 0.934. The number of aromatic carboxylic acids is 1. The van der Waals surface area contributed by atoms with E-state index in [2.05, 4.69) is 11.1 Å². The fourth-order valence-electron chi connectivity index (χ4n) is 3.21. The minimum atomic E-state index is -0.860. The number of fused-ring (bicyclic) bond motifs is 1. The highest BCUT2D eigenvalue weighted by Crippen LogP contribution is 2.26. The monoisotopic (exact) mass is 272 g/mol. The van der Waals surface area contributed by atoms with Crippen LogP contribution in [0.5, 0.6) is 0 Å². The van der Waals surface area contributed by atoms with E-state index in [4.69, 9.17) is 0 Å². The minimum absolute atomic E-state index is 0.384. The molecule has 1 fully saturated rings. The minimum Gasteiger partial charge on any atom is -0.478 e. The van der Waals surface area contributed by atoms with Gasteiger partial charge in [-0.2, -0.15) is 0 Å². The van der Waals surface area contributed by atoms with E-state index in [1.165, 1.54) is 24.8 Å². The summed E-state index contributed by atoms with van der Waals surface area (Å²) in [4.78, 5) is 13.8. The lowest BCUT2D eigenvalue weighted by molar-refractivity contribution is 0.0698. The molecule has 2 aromatic rings. The van der Waals surface area contributed by atoms with E-state index in [0.717, 1.165) is 30.5 Å². The number of aryl methyl sites for hydroxylation is 1. The summed E-state index contributed by atoms with van der Waals surface area (Å²) in [6, 6.07) is 5.54. The number of hydrogen-bond acceptors (Lipinski definition) is 2. The number of hydrogen-bond donors (Lipinski definition) is 1. The normalized spacial score (nSPS) is 16.6. The summed E-state index contributed by atoms with van der Waals surface area (Å²) in [6.07, 6.45) is 5.94. The Kier molecular flexibility index (Phi) is 3.49. The molecule has 1 aromatic carbocycles. The highest BCUT2D eigenvalue weighted by molar-refractivity contribution is 6.03. The topological polar surface area (TPSA) is 45.5 Å². The molecule has 3 rings (SSSR count). The van der Waals surface area contributed by atoms with Crippen molar-refractivity contribution in [1.82, 2.24) is 9.47 Å². The number of piperidine rings is 1. The Labute approximate surface area is 118 Å². The Morgan fingerprint density at radius 3 is 2.70 bits per heavy atom. The fraction of sp³-hybridized carbons (Fsp3) is 0.438. The first-order chi connectivity index (χ1) is 9.66. The molecule has 0 aliphatic carbocycles. The molecule has 0 bridgehead atoms. The first-order valence-electron chi connectivity index (χ1n) is 7.19. The van der Waals surface area contributed by atoms with E-state index in [-0.39, 0.29) is 0 Å². The van der Waals surface area contributed by atoms with Crippen molar-refractivity contribution in [3.63, 3.8) is 0 Å². The molecule has 106 valence electrons. The zero-order valence-electron chi connectivity index (χ0n) is 11.8. The Balaban J connectivity index is 1.99. The van der Waals surface area contributed by atoms with E-state index < -0.39 is 5.97 Å². The summed E-state index contributed by atoms with van der Waals surface area (Å²) in [5.41, 5.74) is 2.44. The highest BCUT2D eigenvalue weighted by Gasteiger charge is 2.17. The number of para-hydroxylation sites is 1. The highest BCUT2D eigenvalue weighted by atomic mass is 16.4. The third-order valence-corrected chi connectivity index (χ3v) is 4.16. The number of benzene rings is 1. The molecule has 1 N–H and O–H groups in total. The van der Waals surface area contributed by atoms with Crippen molar-refractivity contribution >= 4 is 16.9 Å². The number of aromatic nitrogens is 1. The van der Waals surface area contributed by atoms with Crippen LogP contribution in [0.3, 0.4) is 0 Å². The van der Waals surface area contributed by atoms with Crippen LogP contribution in [-0.4, -0.2) is 33.6 Å². The van der Waals surface area contributed by atoms with Crippen molar-refractivity contribution in [1.29, 1.82) is 0 Å². The molecule has 0 amide bonds. The largest absolute Gasteiger partial charge is 0.478 e. The summed E-state index contributed by atoms with van der Waals surface area (Å²) in [6.45, 7) is 3.21. The maximum atomic E-state index is 11.3. The van der Waals surface area contributed by atoms with E-state index in [0.29, 0.717) is 5.56 Å². The molecule has 0 saturated carbocycles. The lowest BCUT2D eigenvalue weighted by atomic mass is 10.1. The summed E-state index contributed by atoms with van der Waals surface area (Å²) >= 11 is 0. The van der Waals surface area contributed by atoms with Gasteiger partial charge >= 0.3 is 5.97 Å². The first kappa shape index (κ1) is 13.2. The average Bonchev–Trinajstić information content (AvgIpc) is 2.77. The van der Waals surface area contributed by atoms with Crippen LogP contribution in [0.1, 0.15) is 35.2 Å². The van der Waals surface area contributed by atoms with Crippen LogP contribution in [0.25, 0.3) is 10.9 Å². The predicted octanol–water partition coefficient (Wildman–Crippen LogP) is 2.86. The zero-order valence-corrected chi connectivity index (χ0v) is 11.8. The summed E-state index contributed by atoms with van der Waals surface area (Å²) in [5, 5.41) is 10.4. The predicted molar refractivity (Wildman–Crippen MR) is 79.0 cm³/mol. The molecular weight excluding hydrogens is 252 g/mol. The lowest BCUT2D eigenvalue weighted by Gasteiger charge is -2.26. The van der Waals surface area contributed by atoms with Crippen LogP contribution in [0.2, 0.25) is 0 Å². The van der Waals surface area contributed by atoms with Gasteiger partial charge in [-0.05, 0) is 37.6 Å². The molecule has 0 unspecified atom stereocenters. The van der Waals surface area contributed by atoms with Crippen molar-refractivity contribution in [3.05, 3.63) is 35.5 Å². The van der Waals surface area contributed by atoms with E-state index >= 15 is 0 Å². The van der Waals surface area contributed by atoms with Gasteiger partial charge in [-0.15, -0.1) is 0 Å². The van der Waals surface area contributed by atoms with E-state index in [9.17, 15) is 9.90 Å². The third-order valence-electron chi connectivity index (χ3n) is 4.16. The fourth-order valence-corrected chi connectivity index (χ4v) is 3.21. The Bertz CT molecular complexity index is 639. The van der Waals surface area contributed by atoms with E-state index in [1.54, 1.807) is 6.07 Å². The van der Waals surface area contributed by atoms with Gasteiger partial charge in [-0.3, -0.25) is 4.90 Å². The molecule has 1 aromatic heterocycles. The number of rotatable bonds is 3. The maximum Gasteiger partial charge on any atom is 0.337 e. The molecule has 4 heteroatoms. The second kappa shape index (κ2) is 5.29. The number of likely N-dealkylation sites (tertiary alicyclic amines) is 1. The molecule has 0 radical (unpaired) electrons. The first-order valence-corrected chi connectivity index (χ1v) is 7.19. The number of nitrogens with zero attached hydrogens (tertiary/aromatic N) is 2. The van der Waals surface area contributed by atoms with Gasteiger partial charge in [0, 0.05) is 25.2 Å². The van der Waals surface area contributed by atoms with Crippen LogP contribution in [0.4, 0.5) is 0 Å². The number of carboxylic acids is 1. The second-order valence-corrected chi connectivity index (χ2v) is 5.61. The SMILES string of the molecule is Cn1cc(CN2CCCCC2)c2cccc(C(=O)O)c21. The number of carbonyl (C=O) groups is 1. The van der Waals surface area contributed by atoms with Gasteiger partial charge < -0.3 is 9.67 Å². The molecule has 1 aliphatic rings. The van der Waals surface area contributed by atoms with Crippen molar-refractivity contribution in [2.45, 2.75) is 25.8 Å². The maximum absolute atomic E-state index is 11.3. The van der Waals surface area contributed by atoms with Crippen molar-refractivity contribution in [2.24, 2.45) is 7.05 Å². The Hall–Kier alpha value is -1.81. The van der Waals surface area contributed by atoms with Crippen LogP contribution >= 0.6 is 0 Å². The molecule has 2 heterocycles. The molecule has 20 heavy (non-hydrogen) atoms. The van der Waals surface area contributed by atoms with Crippen molar-refractivity contribution in [2.75, 3.05) is 13.1 Å². The summed E-state index contributed by atoms with van der Waals surface area (Å²) < 4.78 is 1.94. The Morgan fingerprint density at radius 1 is 1.25 bits per heavy atom. The molecule has 0 spiro atoms. The van der Waals surface area contributed by atoms with Crippen LogP contribution in [-0.2, 0) is 13.6 Å². The standard InChI is InChI=1S/C16H20N2O2/c1-17-10-12(11-18-8-3-2-4-9-18)13-6-5-7-14(15(13)17)16(19)20/h5-7,10H,2-4,8-9,11H2,1H3,(H,19,20). The van der Waals surface area contributed by atoms with Crippen LogP contribution in [0.15, 0.2) is 24.4 Å². The van der Waals surface area contributed by atoms with E-state index in [1.807, 2.05) is 23.7 Å². The van der Waals surface area contributed by atoms with Crippen LogP contribution < -0.4 is 0 Å². The van der Waals surface area contributed by atoms with Gasteiger partial charge in [0.05, 0.1) is 11.1 Å². The van der Waals surface area contributed by atoms with Crippen LogP contribution in [0, 0.1) is 0 Å². The third kappa shape index (κ3) is 2.31. The van der Waals surface area contributed by atoms with Crippen molar-refractivity contribution < 1.29 is 9.90 Å². The van der Waals surface area contributed by atoms with Gasteiger partial charge in [0.15, 0.2) is 0 Å². The average molecular weight is 272 g/mol. The van der Waals surface area contributed by atoms with Crippen molar-refractivity contribution in [3.8, 4) is 0 Å². The van der Waals surface area contributed by atoms with Gasteiger partial charge in [0.25, 0.3) is 0 Å². The summed E-state index contributed by atoms with van der Waals surface area (Å²) in [5.74, 6) is -0.860. The van der Waals surface area contributed by atoms with Gasteiger partial charge in [0.2, 0.25) is 0 Å². The molecule has 4 nitrogen and oxygen atoms in total. The zero-order chi connectivity index (χ0) is 14.1.